The standard InChI is InChI=1S/C30H36N/c1-19(2)15-22-13-14-23-20(3)16-28(31(8)29(23)17-22)26-18-27(30(5,6)7)25-12-10-9-11-24(25)21(26)4/h9-14,16-19H,15H2,1-8H3/q+1. The lowest BCUT2D eigenvalue weighted by atomic mass is 9.80. The summed E-state index contributed by atoms with van der Waals surface area (Å²) in [5.74, 6) is 0.657. The molecule has 3 aromatic carbocycles. The molecule has 0 N–H and O–H groups in total. The van der Waals surface area contributed by atoms with Gasteiger partial charge in [0.25, 0.3) is 0 Å². The van der Waals surface area contributed by atoms with Crippen molar-refractivity contribution < 1.29 is 4.57 Å². The van der Waals surface area contributed by atoms with Crippen molar-refractivity contribution in [2.75, 3.05) is 0 Å². The van der Waals surface area contributed by atoms with E-state index in [9.17, 15) is 0 Å². The largest absolute Gasteiger partial charge is 0.213 e. The Morgan fingerprint density at radius 1 is 0.839 bits per heavy atom. The molecule has 0 aliphatic rings. The first kappa shape index (κ1) is 21.6. The van der Waals surface area contributed by atoms with E-state index in [-0.39, 0.29) is 5.41 Å². The molecule has 0 saturated carbocycles. The molecule has 1 aromatic heterocycles. The maximum absolute atomic E-state index is 2.44. The monoisotopic (exact) mass is 410 g/mol. The summed E-state index contributed by atoms with van der Waals surface area (Å²) in [7, 11) is 2.22. The van der Waals surface area contributed by atoms with Gasteiger partial charge < -0.3 is 0 Å². The average Bonchev–Trinajstić information content (AvgIpc) is 2.70. The van der Waals surface area contributed by atoms with Crippen LogP contribution in [0.3, 0.4) is 0 Å². The highest BCUT2D eigenvalue weighted by Crippen LogP contribution is 2.37. The van der Waals surface area contributed by atoms with E-state index in [1.807, 2.05) is 0 Å². The first-order chi connectivity index (χ1) is 14.6. The van der Waals surface area contributed by atoms with E-state index in [1.54, 1.807) is 0 Å². The zero-order valence-corrected chi connectivity index (χ0v) is 20.4. The van der Waals surface area contributed by atoms with Crippen LogP contribution in [0.4, 0.5) is 0 Å². The van der Waals surface area contributed by atoms with Crippen molar-refractivity contribution in [2.45, 2.75) is 60.3 Å². The van der Waals surface area contributed by atoms with Gasteiger partial charge in [-0.2, -0.15) is 4.57 Å². The number of hydrogen-bond acceptors (Lipinski definition) is 0. The molecule has 1 heteroatoms. The highest BCUT2D eigenvalue weighted by atomic mass is 14.9. The molecule has 0 atom stereocenters. The molecular formula is C30H36N+. The zero-order chi connectivity index (χ0) is 22.5. The van der Waals surface area contributed by atoms with Crippen LogP contribution in [0, 0.1) is 19.8 Å². The Hall–Kier alpha value is -2.67. The van der Waals surface area contributed by atoms with Crippen LogP contribution in [0.15, 0.2) is 54.6 Å². The van der Waals surface area contributed by atoms with Crippen LogP contribution in [-0.2, 0) is 18.9 Å². The highest BCUT2D eigenvalue weighted by molar-refractivity contribution is 5.94. The lowest BCUT2D eigenvalue weighted by Crippen LogP contribution is -2.33. The Balaban J connectivity index is 2.05. The minimum atomic E-state index is 0.0803. The van der Waals surface area contributed by atoms with E-state index >= 15 is 0 Å². The highest BCUT2D eigenvalue weighted by Gasteiger charge is 2.24. The predicted molar refractivity (Wildman–Crippen MR) is 135 cm³/mol. The Labute approximate surface area is 187 Å². The van der Waals surface area contributed by atoms with Crippen molar-refractivity contribution >= 4 is 21.7 Å². The number of pyridine rings is 1. The molecule has 0 amide bonds. The molecule has 0 bridgehead atoms. The molecule has 160 valence electrons. The van der Waals surface area contributed by atoms with E-state index in [4.69, 9.17) is 0 Å². The molecule has 1 nitrogen and oxygen atoms in total. The van der Waals surface area contributed by atoms with Gasteiger partial charge in [-0.25, -0.2) is 0 Å². The van der Waals surface area contributed by atoms with Gasteiger partial charge in [0, 0.05) is 23.1 Å². The second-order valence-corrected chi connectivity index (χ2v) is 10.6. The van der Waals surface area contributed by atoms with E-state index in [0.29, 0.717) is 5.92 Å². The second kappa shape index (κ2) is 7.79. The van der Waals surface area contributed by atoms with Gasteiger partial charge in [-0.15, -0.1) is 0 Å². The number of fused-ring (bicyclic) bond motifs is 2. The van der Waals surface area contributed by atoms with Crippen molar-refractivity contribution in [2.24, 2.45) is 13.0 Å². The fraction of sp³-hybridized carbons (Fsp3) is 0.367. The molecule has 0 fully saturated rings. The van der Waals surface area contributed by atoms with Crippen molar-refractivity contribution in [3.63, 3.8) is 0 Å². The summed E-state index contributed by atoms with van der Waals surface area (Å²) >= 11 is 0. The minimum Gasteiger partial charge on any atom is -0.194 e. The van der Waals surface area contributed by atoms with Gasteiger partial charge >= 0.3 is 0 Å². The van der Waals surface area contributed by atoms with Crippen molar-refractivity contribution in [1.29, 1.82) is 0 Å². The molecule has 0 radical (unpaired) electrons. The third-order valence-corrected chi connectivity index (χ3v) is 6.60. The fourth-order valence-corrected chi connectivity index (χ4v) is 4.96. The molecule has 0 spiro atoms. The number of benzene rings is 3. The molecular weight excluding hydrogens is 374 g/mol. The van der Waals surface area contributed by atoms with Crippen molar-refractivity contribution in [1.82, 2.24) is 0 Å². The summed E-state index contributed by atoms with van der Waals surface area (Å²) in [6, 6.07) is 20.7. The van der Waals surface area contributed by atoms with Crippen LogP contribution in [0.1, 0.15) is 56.9 Å². The number of hydrogen-bond donors (Lipinski definition) is 0. The van der Waals surface area contributed by atoms with E-state index in [2.05, 4.69) is 115 Å². The molecule has 0 aliphatic heterocycles. The third kappa shape index (κ3) is 3.87. The maximum atomic E-state index is 2.44. The topological polar surface area (TPSA) is 3.88 Å². The van der Waals surface area contributed by atoms with Crippen LogP contribution in [0.5, 0.6) is 0 Å². The van der Waals surface area contributed by atoms with Crippen LogP contribution >= 0.6 is 0 Å². The number of rotatable bonds is 3. The first-order valence-electron chi connectivity index (χ1n) is 11.5. The van der Waals surface area contributed by atoms with Crippen LogP contribution in [-0.4, -0.2) is 0 Å². The Morgan fingerprint density at radius 2 is 1.52 bits per heavy atom. The van der Waals surface area contributed by atoms with Gasteiger partial charge in [-0.1, -0.05) is 65.0 Å². The lowest BCUT2D eigenvalue weighted by molar-refractivity contribution is -0.633. The normalized spacial score (nSPS) is 12.3. The van der Waals surface area contributed by atoms with Gasteiger partial charge in [0.05, 0.1) is 0 Å². The molecule has 0 saturated heterocycles. The van der Waals surface area contributed by atoms with Gasteiger partial charge in [0.2, 0.25) is 11.2 Å². The summed E-state index contributed by atoms with van der Waals surface area (Å²) in [6.45, 7) is 16.1. The maximum Gasteiger partial charge on any atom is 0.213 e. The molecule has 0 unspecified atom stereocenters. The quantitative estimate of drug-likeness (QED) is 0.306. The Bertz CT molecular complexity index is 1290. The van der Waals surface area contributed by atoms with Gasteiger partial charge in [-0.05, 0) is 76.8 Å². The summed E-state index contributed by atoms with van der Waals surface area (Å²) in [5.41, 5.74) is 9.55. The Morgan fingerprint density at radius 3 is 2.16 bits per heavy atom. The molecule has 4 rings (SSSR count). The molecule has 1 heterocycles. The van der Waals surface area contributed by atoms with Crippen LogP contribution < -0.4 is 4.57 Å². The fourth-order valence-electron chi connectivity index (χ4n) is 4.96. The summed E-state index contributed by atoms with van der Waals surface area (Å²) in [4.78, 5) is 0. The van der Waals surface area contributed by atoms with E-state index < -0.39 is 0 Å². The molecule has 0 aliphatic carbocycles. The van der Waals surface area contributed by atoms with Gasteiger partial charge in [0.1, 0.15) is 7.05 Å². The second-order valence-electron chi connectivity index (χ2n) is 10.6. The van der Waals surface area contributed by atoms with Crippen LogP contribution in [0.25, 0.3) is 32.9 Å². The third-order valence-electron chi connectivity index (χ3n) is 6.60. The summed E-state index contributed by atoms with van der Waals surface area (Å²) in [6.07, 6.45) is 1.11. The van der Waals surface area contributed by atoms with Crippen molar-refractivity contribution in [3.8, 4) is 11.3 Å². The predicted octanol–water partition coefficient (Wildman–Crippen LogP) is 7.60. The van der Waals surface area contributed by atoms with Crippen molar-refractivity contribution in [3.05, 3.63) is 76.9 Å². The van der Waals surface area contributed by atoms with E-state index in [1.165, 1.54) is 55.2 Å². The Kier molecular flexibility index (Phi) is 5.41. The zero-order valence-electron chi connectivity index (χ0n) is 20.4. The van der Waals surface area contributed by atoms with E-state index in [0.717, 1.165) is 6.42 Å². The summed E-state index contributed by atoms with van der Waals surface area (Å²) < 4.78 is 2.40. The summed E-state index contributed by atoms with van der Waals surface area (Å²) in [5, 5.41) is 4.07. The minimum absolute atomic E-state index is 0.0803. The van der Waals surface area contributed by atoms with Crippen LogP contribution in [0.2, 0.25) is 0 Å². The average molecular weight is 411 g/mol. The van der Waals surface area contributed by atoms with Gasteiger partial charge in [-0.3, -0.25) is 0 Å². The number of aromatic nitrogens is 1. The smallest absolute Gasteiger partial charge is 0.194 e. The number of aryl methyl sites for hydroxylation is 3. The number of nitrogens with zero attached hydrogens (tertiary/aromatic N) is 1. The lowest BCUT2D eigenvalue weighted by Gasteiger charge is -2.24. The first-order valence-corrected chi connectivity index (χ1v) is 11.5. The molecule has 31 heavy (non-hydrogen) atoms. The van der Waals surface area contributed by atoms with Gasteiger partial charge in [0.15, 0.2) is 0 Å². The SMILES string of the molecule is Cc1c(-c2cc(C)c3ccc(CC(C)C)cc3[n+]2C)cc(C(C)(C)C)c2ccccc12. The molecule has 4 aromatic rings.